The Morgan fingerprint density at radius 1 is 1.24 bits per heavy atom. The van der Waals surface area contributed by atoms with Gasteiger partial charge in [0.1, 0.15) is 0 Å². The minimum Gasteiger partial charge on any atom is -0.469 e. The molecular weight excluding hydrogens is 298 g/mol. The van der Waals surface area contributed by atoms with Crippen molar-refractivity contribution in [3.05, 3.63) is 0 Å². The van der Waals surface area contributed by atoms with Crippen molar-refractivity contribution in [3.8, 4) is 0 Å². The van der Waals surface area contributed by atoms with Crippen LogP contribution in [0, 0.1) is 0 Å². The number of likely N-dealkylation sites (N-methyl/N-ethyl adjacent to an activating group) is 1. The summed E-state index contributed by atoms with van der Waals surface area (Å²) in [5.41, 5.74) is 0. The van der Waals surface area contributed by atoms with Gasteiger partial charge in [-0.2, -0.15) is 4.31 Å². The Labute approximate surface area is 125 Å². The second-order valence-corrected chi connectivity index (χ2v) is 6.93. The zero-order valence-electron chi connectivity index (χ0n) is 12.7. The molecule has 0 radical (unpaired) electrons. The van der Waals surface area contributed by atoms with Crippen LogP contribution < -0.4 is 5.32 Å². The van der Waals surface area contributed by atoms with Gasteiger partial charge in [0.05, 0.1) is 19.4 Å². The number of nitrogens with zero attached hydrogens (tertiary/aromatic N) is 2. The number of hydrogen-bond donors (Lipinski definition) is 1. The van der Waals surface area contributed by atoms with Crippen LogP contribution in [0.25, 0.3) is 0 Å². The molecule has 0 saturated carbocycles. The third-order valence-corrected chi connectivity index (χ3v) is 4.83. The number of carbonyl (C=O) groups is 2. The molecule has 0 bridgehead atoms. The van der Waals surface area contributed by atoms with Crippen LogP contribution in [0.2, 0.25) is 0 Å². The number of piperazine rings is 1. The molecule has 21 heavy (non-hydrogen) atoms. The topological polar surface area (TPSA) is 96.0 Å². The van der Waals surface area contributed by atoms with E-state index in [0.717, 1.165) is 6.26 Å². The molecule has 0 aromatic carbocycles. The molecular formula is C12H23N3O5S. The fraction of sp³-hybridized carbons (Fsp3) is 0.833. The van der Waals surface area contributed by atoms with Crippen molar-refractivity contribution in [2.24, 2.45) is 0 Å². The number of ether oxygens (including phenoxy) is 1. The highest BCUT2D eigenvalue weighted by Crippen LogP contribution is 2.09. The second-order valence-electron chi connectivity index (χ2n) is 4.94. The Morgan fingerprint density at radius 2 is 1.81 bits per heavy atom. The van der Waals surface area contributed by atoms with E-state index in [0.29, 0.717) is 32.6 Å². The molecule has 8 nitrogen and oxygen atoms in total. The second kappa shape index (κ2) is 7.71. The fourth-order valence-electron chi connectivity index (χ4n) is 2.22. The van der Waals surface area contributed by atoms with Gasteiger partial charge in [-0.3, -0.25) is 9.59 Å². The van der Waals surface area contributed by atoms with E-state index in [9.17, 15) is 18.0 Å². The van der Waals surface area contributed by atoms with E-state index in [4.69, 9.17) is 0 Å². The van der Waals surface area contributed by atoms with Crippen molar-refractivity contribution >= 4 is 21.9 Å². The van der Waals surface area contributed by atoms with Gasteiger partial charge in [0, 0.05) is 32.6 Å². The summed E-state index contributed by atoms with van der Waals surface area (Å²) in [6.07, 6.45) is 1.68. The van der Waals surface area contributed by atoms with Crippen LogP contribution in [-0.4, -0.2) is 82.1 Å². The van der Waals surface area contributed by atoms with Gasteiger partial charge in [-0.15, -0.1) is 0 Å². The number of amides is 1. The summed E-state index contributed by atoms with van der Waals surface area (Å²) in [5.74, 6) is -0.473. The van der Waals surface area contributed by atoms with Gasteiger partial charge in [0.15, 0.2) is 0 Å². The molecule has 1 fully saturated rings. The summed E-state index contributed by atoms with van der Waals surface area (Å²) in [7, 11) is -0.239. The normalized spacial score (nSPS) is 18.3. The minimum atomic E-state index is -3.21. The van der Waals surface area contributed by atoms with E-state index >= 15 is 0 Å². The molecule has 0 spiro atoms. The predicted molar refractivity (Wildman–Crippen MR) is 77.1 cm³/mol. The summed E-state index contributed by atoms with van der Waals surface area (Å²) >= 11 is 0. The van der Waals surface area contributed by atoms with Crippen molar-refractivity contribution in [2.45, 2.75) is 18.9 Å². The highest BCUT2D eigenvalue weighted by Gasteiger charge is 2.29. The Hall–Kier alpha value is -1.19. The smallest absolute Gasteiger partial charge is 0.305 e. The first kappa shape index (κ1) is 17.9. The van der Waals surface area contributed by atoms with E-state index in [1.807, 2.05) is 0 Å². The molecule has 1 heterocycles. The van der Waals surface area contributed by atoms with Crippen LogP contribution in [0.3, 0.4) is 0 Å². The van der Waals surface area contributed by atoms with E-state index in [1.165, 1.54) is 11.4 Å². The standard InChI is InChI=1S/C12H23N3O5S/c1-13-10(4-5-11(16)20-2)12(17)14-6-8-15(9-7-14)21(3,18)19/h10,13H,4-9H2,1-3H3/t10-/m0/s1. The zero-order chi connectivity index (χ0) is 16.0. The first-order valence-electron chi connectivity index (χ1n) is 6.77. The Kier molecular flexibility index (Phi) is 6.56. The van der Waals surface area contributed by atoms with Gasteiger partial charge in [0.2, 0.25) is 15.9 Å². The van der Waals surface area contributed by atoms with Gasteiger partial charge >= 0.3 is 5.97 Å². The lowest BCUT2D eigenvalue weighted by molar-refractivity contribution is -0.141. The maximum atomic E-state index is 12.3. The Balaban J connectivity index is 2.53. The van der Waals surface area contributed by atoms with Crippen LogP contribution in [0.1, 0.15) is 12.8 Å². The maximum absolute atomic E-state index is 12.3. The fourth-order valence-corrected chi connectivity index (χ4v) is 3.04. The van der Waals surface area contributed by atoms with Crippen LogP contribution in [0.5, 0.6) is 0 Å². The number of hydrogen-bond acceptors (Lipinski definition) is 6. The number of esters is 1. The molecule has 1 aliphatic heterocycles. The van der Waals surface area contributed by atoms with E-state index in [1.54, 1.807) is 11.9 Å². The van der Waals surface area contributed by atoms with Crippen molar-refractivity contribution < 1.29 is 22.7 Å². The number of sulfonamides is 1. The van der Waals surface area contributed by atoms with E-state index in [-0.39, 0.29) is 18.3 Å². The summed E-state index contributed by atoms with van der Waals surface area (Å²) in [6.45, 7) is 1.33. The SMILES string of the molecule is CN[C@@H](CCC(=O)OC)C(=O)N1CCN(S(C)(=O)=O)CC1. The number of carbonyl (C=O) groups excluding carboxylic acids is 2. The summed E-state index contributed by atoms with van der Waals surface area (Å²) < 4.78 is 28.8. The average Bonchev–Trinajstić information content (AvgIpc) is 2.46. The molecule has 1 N–H and O–H groups in total. The number of nitrogens with one attached hydrogen (secondary N) is 1. The zero-order valence-corrected chi connectivity index (χ0v) is 13.5. The van der Waals surface area contributed by atoms with Crippen LogP contribution in [-0.2, 0) is 24.3 Å². The quantitative estimate of drug-likeness (QED) is 0.607. The van der Waals surface area contributed by atoms with Crippen molar-refractivity contribution in [2.75, 3.05) is 46.6 Å². The first-order valence-corrected chi connectivity index (χ1v) is 8.62. The van der Waals surface area contributed by atoms with Gasteiger partial charge in [0.25, 0.3) is 0 Å². The highest BCUT2D eigenvalue weighted by atomic mass is 32.2. The largest absolute Gasteiger partial charge is 0.469 e. The minimum absolute atomic E-state index is 0.116. The van der Waals surface area contributed by atoms with Crippen LogP contribution in [0.4, 0.5) is 0 Å². The lowest BCUT2D eigenvalue weighted by Gasteiger charge is -2.35. The molecule has 0 aromatic rings. The summed E-state index contributed by atoms with van der Waals surface area (Å²) in [6, 6.07) is -0.464. The third-order valence-electron chi connectivity index (χ3n) is 3.53. The first-order chi connectivity index (χ1) is 9.79. The van der Waals surface area contributed by atoms with Gasteiger partial charge in [-0.1, -0.05) is 0 Å². The predicted octanol–water partition coefficient (Wildman–Crippen LogP) is -1.37. The van der Waals surface area contributed by atoms with Crippen molar-refractivity contribution in [1.82, 2.24) is 14.5 Å². The molecule has 1 aliphatic rings. The van der Waals surface area contributed by atoms with Crippen LogP contribution >= 0.6 is 0 Å². The molecule has 1 saturated heterocycles. The van der Waals surface area contributed by atoms with Gasteiger partial charge in [-0.05, 0) is 13.5 Å². The molecule has 9 heteroatoms. The molecule has 1 rings (SSSR count). The van der Waals surface area contributed by atoms with Crippen molar-refractivity contribution in [3.63, 3.8) is 0 Å². The average molecular weight is 321 g/mol. The molecule has 0 aliphatic carbocycles. The molecule has 1 atom stereocenters. The molecule has 1 amide bonds. The Bertz CT molecular complexity index is 471. The molecule has 0 unspecified atom stereocenters. The summed E-state index contributed by atoms with van der Waals surface area (Å²) in [5, 5.41) is 2.89. The van der Waals surface area contributed by atoms with Crippen molar-refractivity contribution in [1.29, 1.82) is 0 Å². The van der Waals surface area contributed by atoms with Gasteiger partial charge in [-0.25, -0.2) is 8.42 Å². The Morgan fingerprint density at radius 3 is 2.24 bits per heavy atom. The molecule has 0 aromatic heterocycles. The molecule has 122 valence electrons. The monoisotopic (exact) mass is 321 g/mol. The van der Waals surface area contributed by atoms with Gasteiger partial charge < -0.3 is 15.0 Å². The van der Waals surface area contributed by atoms with E-state index < -0.39 is 16.1 Å². The highest BCUT2D eigenvalue weighted by molar-refractivity contribution is 7.88. The number of methoxy groups -OCH3 is 1. The third kappa shape index (κ3) is 5.25. The van der Waals surface area contributed by atoms with Crippen LogP contribution in [0.15, 0.2) is 0 Å². The summed E-state index contributed by atoms with van der Waals surface area (Å²) in [4.78, 5) is 25.1. The number of rotatable bonds is 6. The van der Waals surface area contributed by atoms with E-state index in [2.05, 4.69) is 10.1 Å². The lowest BCUT2D eigenvalue weighted by atomic mass is 10.1. The lowest BCUT2D eigenvalue weighted by Crippen LogP contribution is -2.54. The maximum Gasteiger partial charge on any atom is 0.305 e.